The summed E-state index contributed by atoms with van der Waals surface area (Å²) in [6, 6.07) is 91.5. The van der Waals surface area contributed by atoms with Gasteiger partial charge in [0.05, 0.1) is 27.5 Å². The summed E-state index contributed by atoms with van der Waals surface area (Å²) in [4.78, 5) is 31.3. The van der Waals surface area contributed by atoms with E-state index < -0.39 is 5.41 Å². The monoisotopic (exact) mass is 1090 g/mol. The highest BCUT2D eigenvalue weighted by Crippen LogP contribution is 2.64. The maximum absolute atomic E-state index is 15.7. The summed E-state index contributed by atoms with van der Waals surface area (Å²) in [6.45, 7) is 9.06. The molecule has 0 unspecified atom stereocenters. The summed E-state index contributed by atoms with van der Waals surface area (Å²) in [5.74, 6) is -0.0601. The fourth-order valence-electron chi connectivity index (χ4n) is 16.2. The average molecular weight is 1090 g/mol. The van der Waals surface area contributed by atoms with E-state index in [1.807, 2.05) is 24.3 Å². The molecule has 4 aliphatic carbocycles. The van der Waals surface area contributed by atoms with Gasteiger partial charge in [0, 0.05) is 66.0 Å². The van der Waals surface area contributed by atoms with Gasteiger partial charge in [0.25, 0.3) is 0 Å². The second-order valence-corrected chi connectivity index (χ2v) is 25.0. The molecule has 0 bridgehead atoms. The molecule has 4 heteroatoms. The lowest BCUT2D eigenvalue weighted by Gasteiger charge is -2.32. The van der Waals surface area contributed by atoms with Crippen LogP contribution in [0.5, 0.6) is 0 Å². The summed E-state index contributed by atoms with van der Waals surface area (Å²) >= 11 is 0. The number of hydrogen-bond donors (Lipinski definition) is 0. The van der Waals surface area contributed by atoms with Crippen molar-refractivity contribution < 1.29 is 9.59 Å². The Bertz CT molecular complexity index is 4930. The fraction of sp³-hybridized carbons (Fsp3) is 0.0864. The lowest BCUT2D eigenvalue weighted by molar-refractivity contribution is 0.103. The van der Waals surface area contributed by atoms with Crippen molar-refractivity contribution in [1.82, 2.24) is 9.13 Å². The van der Waals surface area contributed by atoms with Crippen LogP contribution in [-0.2, 0) is 16.2 Å². The van der Waals surface area contributed by atoms with Gasteiger partial charge in [0.2, 0.25) is 0 Å². The molecule has 1 spiro atoms. The van der Waals surface area contributed by atoms with Crippen LogP contribution < -0.4 is 0 Å². The van der Waals surface area contributed by atoms with Crippen molar-refractivity contribution in [3.8, 4) is 55.9 Å². The molecule has 400 valence electrons. The van der Waals surface area contributed by atoms with E-state index in [2.05, 4.69) is 267 Å². The summed E-state index contributed by atoms with van der Waals surface area (Å²) in [5, 5.41) is 4.75. The lowest BCUT2D eigenvalue weighted by Crippen LogP contribution is -2.27. The Kier molecular flexibility index (Phi) is 9.56. The molecule has 0 fully saturated rings. The van der Waals surface area contributed by atoms with Crippen LogP contribution in [0.15, 0.2) is 255 Å². The predicted octanol–water partition coefficient (Wildman–Crippen LogP) is 19.3. The van der Waals surface area contributed by atoms with Crippen LogP contribution in [0.2, 0.25) is 0 Å². The van der Waals surface area contributed by atoms with Gasteiger partial charge in [-0.2, -0.15) is 0 Å². The van der Waals surface area contributed by atoms with Gasteiger partial charge in [0.15, 0.2) is 11.6 Å². The van der Waals surface area contributed by atoms with Gasteiger partial charge in [-0.25, -0.2) is 0 Å². The van der Waals surface area contributed by atoms with Crippen LogP contribution in [0.3, 0.4) is 0 Å². The number of rotatable bonds is 6. The summed E-state index contributed by atoms with van der Waals surface area (Å²) in [5.41, 5.74) is 25.7. The molecule has 2 aromatic heterocycles. The molecular formula is C81H54N2O2. The Hall–Kier alpha value is -10.4. The Morgan fingerprint density at radius 3 is 0.871 bits per heavy atom. The van der Waals surface area contributed by atoms with Crippen LogP contribution in [-0.4, -0.2) is 20.7 Å². The van der Waals surface area contributed by atoms with Crippen molar-refractivity contribution in [2.45, 2.75) is 43.9 Å². The molecule has 0 saturated heterocycles. The molecule has 0 radical (unpaired) electrons. The van der Waals surface area contributed by atoms with Gasteiger partial charge < -0.3 is 9.13 Å². The van der Waals surface area contributed by atoms with Gasteiger partial charge in [-0.15, -0.1) is 0 Å². The Labute approximate surface area is 492 Å². The summed E-state index contributed by atoms with van der Waals surface area (Å²) < 4.78 is 4.81. The van der Waals surface area contributed by atoms with E-state index in [4.69, 9.17) is 0 Å². The fourth-order valence-corrected chi connectivity index (χ4v) is 16.2. The molecule has 14 aromatic rings. The molecule has 0 atom stereocenters. The minimum absolute atomic E-state index is 0.0301. The minimum atomic E-state index is -1.01. The zero-order valence-electron chi connectivity index (χ0n) is 47.5. The number of benzene rings is 12. The van der Waals surface area contributed by atoms with Crippen LogP contribution >= 0.6 is 0 Å². The smallest absolute Gasteiger partial charge is 0.193 e. The molecule has 4 aliphatic rings. The van der Waals surface area contributed by atoms with E-state index in [9.17, 15) is 0 Å². The SMILES string of the molecule is CC1(C)c2ccccc2-c2ccc(C(=O)c3ccc4c(c3)C3(c5cc(C(=O)c6ccc7c(c6)C(C)(C)c6ccccc6-7)ccc5-4)c4cc(-n5c6ccccc6c6ccccc65)ccc4-c4ccc(-n5c6ccccc6c6ccccc65)cc43)cc21. The van der Waals surface area contributed by atoms with Gasteiger partial charge in [0.1, 0.15) is 0 Å². The quantitative estimate of drug-likeness (QED) is 0.156. The molecular weight excluding hydrogens is 1030 g/mol. The van der Waals surface area contributed by atoms with E-state index in [1.54, 1.807) is 0 Å². The summed E-state index contributed by atoms with van der Waals surface area (Å²) in [7, 11) is 0. The first-order valence-corrected chi connectivity index (χ1v) is 29.6. The van der Waals surface area contributed by atoms with Crippen molar-refractivity contribution in [2.24, 2.45) is 0 Å². The first-order chi connectivity index (χ1) is 41.5. The van der Waals surface area contributed by atoms with Crippen molar-refractivity contribution in [2.75, 3.05) is 0 Å². The Balaban J connectivity index is 0.904. The molecule has 0 amide bonds. The standard InChI is InChI=1S/C81H54N2O2/c1-79(2)65-23-11-5-17-53(65)55-35-29-47(41-67(55)79)77(84)49-31-37-57-58-38-32-50(78(85)48-30-36-56-54-18-6-12-24-66(54)80(3,4)68(56)42-48)44-70(58)81(69(57)43-49)71-45-51(82-73-25-13-7-19-61(73)62-20-8-14-26-74(62)82)33-39-59(71)60-40-34-52(46-72(60)81)83-75-27-15-9-21-63(75)64-22-10-16-28-76(64)83/h5-46H,1-4H3. The van der Waals surface area contributed by atoms with Crippen LogP contribution in [0.4, 0.5) is 0 Å². The molecule has 18 rings (SSSR count). The molecule has 0 N–H and O–H groups in total. The largest absolute Gasteiger partial charge is 0.309 e. The van der Waals surface area contributed by atoms with Gasteiger partial charge in [-0.1, -0.05) is 210 Å². The van der Waals surface area contributed by atoms with Crippen LogP contribution in [0, 0.1) is 0 Å². The average Bonchev–Trinajstić information content (AvgIpc) is 1.54. The van der Waals surface area contributed by atoms with E-state index in [0.717, 1.165) is 89.1 Å². The van der Waals surface area contributed by atoms with Crippen molar-refractivity contribution in [3.05, 3.63) is 322 Å². The molecule has 85 heavy (non-hydrogen) atoms. The van der Waals surface area contributed by atoms with E-state index >= 15 is 9.59 Å². The predicted molar refractivity (Wildman–Crippen MR) is 346 cm³/mol. The van der Waals surface area contributed by atoms with E-state index in [0.29, 0.717) is 22.3 Å². The molecule has 0 saturated carbocycles. The number of carbonyl (C=O) groups is 2. The maximum atomic E-state index is 15.7. The van der Waals surface area contributed by atoms with E-state index in [-0.39, 0.29) is 22.4 Å². The Morgan fingerprint density at radius 2 is 0.518 bits per heavy atom. The van der Waals surface area contributed by atoms with Gasteiger partial charge in [-0.05, 0) is 162 Å². The number of nitrogens with zero attached hydrogens (tertiary/aromatic N) is 2. The van der Waals surface area contributed by atoms with Crippen molar-refractivity contribution >= 4 is 55.2 Å². The normalized spacial score (nSPS) is 14.7. The lowest BCUT2D eigenvalue weighted by atomic mass is 9.69. The first kappa shape index (κ1) is 48.1. The Morgan fingerprint density at radius 1 is 0.259 bits per heavy atom. The number of fused-ring (bicyclic) bond motifs is 22. The second kappa shape index (κ2) is 16.9. The maximum Gasteiger partial charge on any atom is 0.193 e. The summed E-state index contributed by atoms with van der Waals surface area (Å²) in [6.07, 6.45) is 0. The molecule has 0 aliphatic heterocycles. The van der Waals surface area contributed by atoms with Crippen LogP contribution in [0.1, 0.15) is 104 Å². The highest BCUT2D eigenvalue weighted by Gasteiger charge is 2.53. The molecule has 2 heterocycles. The van der Waals surface area contributed by atoms with E-state index in [1.165, 1.54) is 54.9 Å². The van der Waals surface area contributed by atoms with Gasteiger partial charge in [-0.3, -0.25) is 9.59 Å². The highest BCUT2D eigenvalue weighted by atomic mass is 16.1. The number of hydrogen-bond acceptors (Lipinski definition) is 2. The highest BCUT2D eigenvalue weighted by molar-refractivity contribution is 6.14. The molecule has 12 aromatic carbocycles. The third kappa shape index (κ3) is 6.25. The first-order valence-electron chi connectivity index (χ1n) is 29.6. The third-order valence-electron chi connectivity index (χ3n) is 20.1. The topological polar surface area (TPSA) is 44.0 Å². The third-order valence-corrected chi connectivity index (χ3v) is 20.1. The number of ketones is 2. The minimum Gasteiger partial charge on any atom is -0.309 e. The van der Waals surface area contributed by atoms with Crippen molar-refractivity contribution in [1.29, 1.82) is 0 Å². The molecule has 4 nitrogen and oxygen atoms in total. The number of aromatic nitrogens is 2. The van der Waals surface area contributed by atoms with Crippen molar-refractivity contribution in [3.63, 3.8) is 0 Å². The zero-order valence-corrected chi connectivity index (χ0v) is 47.5. The van der Waals surface area contributed by atoms with Crippen LogP contribution in [0.25, 0.3) is 99.5 Å². The second-order valence-electron chi connectivity index (χ2n) is 25.0. The number of carbonyl (C=O) groups excluding carboxylic acids is 2. The zero-order chi connectivity index (χ0) is 56.8. The van der Waals surface area contributed by atoms with Gasteiger partial charge >= 0.3 is 0 Å². The number of para-hydroxylation sites is 4.